The zero-order chi connectivity index (χ0) is 21.2. The van der Waals surface area contributed by atoms with Crippen LogP contribution in [-0.4, -0.2) is 47.9 Å². The first kappa shape index (κ1) is 21.2. The van der Waals surface area contributed by atoms with Gasteiger partial charge in [-0.3, -0.25) is 4.79 Å². The zero-order valence-corrected chi connectivity index (χ0v) is 20.2. The Bertz CT molecular complexity index is 1040. The van der Waals surface area contributed by atoms with Crippen molar-refractivity contribution in [2.75, 3.05) is 26.2 Å². The zero-order valence-electron chi connectivity index (χ0n) is 17.8. The number of rotatable bonds is 5. The van der Waals surface area contributed by atoms with E-state index in [1.807, 2.05) is 0 Å². The van der Waals surface area contributed by atoms with E-state index >= 15 is 0 Å². The summed E-state index contributed by atoms with van der Waals surface area (Å²) in [4.78, 5) is 18.5. The van der Waals surface area contributed by atoms with Crippen LogP contribution >= 0.6 is 27.3 Å². The first-order valence-corrected chi connectivity index (χ1v) is 13.1. The number of nitrogens with zero attached hydrogens (tertiary/aromatic N) is 2. The lowest BCUT2D eigenvalue weighted by molar-refractivity contribution is -0.135. The summed E-state index contributed by atoms with van der Waals surface area (Å²) >= 11 is 5.33. The second kappa shape index (κ2) is 9.43. The molecular weight excluding hydrogens is 468 g/mol. The third-order valence-corrected chi connectivity index (χ3v) is 8.43. The van der Waals surface area contributed by atoms with Crippen molar-refractivity contribution in [1.29, 1.82) is 0 Å². The van der Waals surface area contributed by atoms with Gasteiger partial charge in [-0.2, -0.15) is 0 Å². The molecule has 2 saturated heterocycles. The molecule has 3 heterocycles. The summed E-state index contributed by atoms with van der Waals surface area (Å²) in [5, 5.41) is 3.38. The SMILES string of the molecule is O=C(Cc1csc2ccc(Br)cc12)N1CCC[C@H](c2ccccc2)[C@@H]1CN1CCCC1. The second-order valence-electron chi connectivity index (χ2n) is 8.90. The minimum absolute atomic E-state index is 0.262. The summed E-state index contributed by atoms with van der Waals surface area (Å²) in [6.07, 6.45) is 5.31. The summed E-state index contributed by atoms with van der Waals surface area (Å²) in [6, 6.07) is 17.5. The molecule has 3 nitrogen and oxygen atoms in total. The van der Waals surface area contributed by atoms with E-state index in [4.69, 9.17) is 0 Å². The van der Waals surface area contributed by atoms with Crippen LogP contribution in [0.3, 0.4) is 0 Å². The van der Waals surface area contributed by atoms with Gasteiger partial charge in [0.2, 0.25) is 5.91 Å². The van der Waals surface area contributed by atoms with Gasteiger partial charge in [0.25, 0.3) is 0 Å². The number of hydrogen-bond acceptors (Lipinski definition) is 3. The molecule has 162 valence electrons. The molecule has 1 aromatic heterocycles. The summed E-state index contributed by atoms with van der Waals surface area (Å²) in [5.41, 5.74) is 2.54. The average molecular weight is 498 g/mol. The summed E-state index contributed by atoms with van der Waals surface area (Å²) in [5.74, 6) is 0.706. The Morgan fingerprint density at radius 1 is 1.03 bits per heavy atom. The molecule has 5 rings (SSSR count). The van der Waals surface area contributed by atoms with Gasteiger partial charge in [-0.1, -0.05) is 46.3 Å². The molecule has 2 fully saturated rings. The normalized spacial score (nSPS) is 22.3. The van der Waals surface area contributed by atoms with Gasteiger partial charge < -0.3 is 9.80 Å². The maximum Gasteiger partial charge on any atom is 0.227 e. The van der Waals surface area contributed by atoms with Crippen molar-refractivity contribution in [3.05, 3.63) is 69.5 Å². The summed E-state index contributed by atoms with van der Waals surface area (Å²) in [6.45, 7) is 4.22. The van der Waals surface area contributed by atoms with Crippen LogP contribution in [0.1, 0.15) is 42.7 Å². The van der Waals surface area contributed by atoms with Crippen molar-refractivity contribution in [3.63, 3.8) is 0 Å². The number of halogens is 1. The molecule has 1 amide bonds. The molecule has 2 aromatic carbocycles. The van der Waals surface area contributed by atoms with Crippen molar-refractivity contribution in [1.82, 2.24) is 9.80 Å². The monoisotopic (exact) mass is 496 g/mol. The molecule has 0 saturated carbocycles. The van der Waals surface area contributed by atoms with E-state index in [2.05, 4.69) is 79.6 Å². The van der Waals surface area contributed by atoms with Gasteiger partial charge in [-0.25, -0.2) is 0 Å². The molecule has 0 bridgehead atoms. The van der Waals surface area contributed by atoms with Gasteiger partial charge >= 0.3 is 0 Å². The van der Waals surface area contributed by atoms with Crippen LogP contribution in [0.15, 0.2) is 58.4 Å². The van der Waals surface area contributed by atoms with E-state index in [-0.39, 0.29) is 11.9 Å². The van der Waals surface area contributed by atoms with Crippen molar-refractivity contribution in [3.8, 4) is 0 Å². The first-order chi connectivity index (χ1) is 15.2. The number of likely N-dealkylation sites (tertiary alicyclic amines) is 2. The lowest BCUT2D eigenvalue weighted by Crippen LogP contribution is -2.52. The molecule has 0 radical (unpaired) electrons. The average Bonchev–Trinajstić information content (AvgIpc) is 3.44. The summed E-state index contributed by atoms with van der Waals surface area (Å²) in [7, 11) is 0. The van der Waals surface area contributed by atoms with Crippen molar-refractivity contribution < 1.29 is 4.79 Å². The molecule has 5 heteroatoms. The van der Waals surface area contributed by atoms with Crippen molar-refractivity contribution in [2.24, 2.45) is 0 Å². The highest BCUT2D eigenvalue weighted by Crippen LogP contribution is 2.35. The van der Waals surface area contributed by atoms with Crippen LogP contribution in [0.25, 0.3) is 10.1 Å². The lowest BCUT2D eigenvalue weighted by Gasteiger charge is -2.43. The van der Waals surface area contributed by atoms with Gasteiger partial charge in [0, 0.05) is 28.2 Å². The largest absolute Gasteiger partial charge is 0.338 e. The highest BCUT2D eigenvalue weighted by Gasteiger charge is 2.36. The third kappa shape index (κ3) is 4.59. The topological polar surface area (TPSA) is 23.6 Å². The van der Waals surface area contributed by atoms with Gasteiger partial charge in [-0.05, 0) is 78.9 Å². The summed E-state index contributed by atoms with van der Waals surface area (Å²) < 4.78 is 2.32. The molecule has 3 aromatic rings. The second-order valence-corrected chi connectivity index (χ2v) is 10.7. The number of carbonyl (C=O) groups is 1. The van der Waals surface area contributed by atoms with E-state index < -0.39 is 0 Å². The van der Waals surface area contributed by atoms with E-state index in [9.17, 15) is 4.79 Å². The van der Waals surface area contributed by atoms with Crippen LogP contribution in [0, 0.1) is 0 Å². The van der Waals surface area contributed by atoms with Gasteiger partial charge in [-0.15, -0.1) is 11.3 Å². The maximum absolute atomic E-state index is 13.7. The molecule has 0 N–H and O–H groups in total. The Labute approximate surface area is 197 Å². The van der Waals surface area contributed by atoms with Gasteiger partial charge in [0.1, 0.15) is 0 Å². The molecule has 0 unspecified atom stereocenters. The minimum Gasteiger partial charge on any atom is -0.338 e. The highest BCUT2D eigenvalue weighted by molar-refractivity contribution is 9.10. The first-order valence-electron chi connectivity index (χ1n) is 11.4. The fourth-order valence-electron chi connectivity index (χ4n) is 5.37. The fourth-order valence-corrected chi connectivity index (χ4v) is 6.67. The molecule has 2 aliphatic rings. The maximum atomic E-state index is 13.7. The Kier molecular flexibility index (Phi) is 6.44. The standard InChI is InChI=1S/C26H29BrN2OS/c27-21-10-11-25-23(16-21)20(18-31-25)15-26(30)29-14-6-9-22(19-7-2-1-3-8-19)24(29)17-28-12-4-5-13-28/h1-3,7-8,10-11,16,18,22,24H,4-6,9,12-15,17H2/t22-,24+/m1/s1. The fraction of sp³-hybridized carbons (Fsp3) is 0.423. The number of fused-ring (bicyclic) bond motifs is 1. The number of piperidine rings is 1. The van der Waals surface area contributed by atoms with Crippen LogP contribution in [0.2, 0.25) is 0 Å². The Morgan fingerprint density at radius 3 is 2.65 bits per heavy atom. The van der Waals surface area contributed by atoms with E-state index in [1.165, 1.54) is 48.0 Å². The number of carbonyl (C=O) groups excluding carboxylic acids is 1. The predicted octanol–water partition coefficient (Wildman–Crippen LogP) is 6.08. The van der Waals surface area contributed by atoms with E-state index in [1.54, 1.807) is 11.3 Å². The number of hydrogen-bond donors (Lipinski definition) is 0. The predicted molar refractivity (Wildman–Crippen MR) is 133 cm³/mol. The third-order valence-electron chi connectivity index (χ3n) is 6.93. The smallest absolute Gasteiger partial charge is 0.227 e. The minimum atomic E-state index is 0.262. The number of benzene rings is 2. The number of thiophene rings is 1. The number of amides is 1. The lowest BCUT2D eigenvalue weighted by atomic mass is 9.82. The highest BCUT2D eigenvalue weighted by atomic mass is 79.9. The molecule has 31 heavy (non-hydrogen) atoms. The quantitative estimate of drug-likeness (QED) is 0.427. The molecular formula is C26H29BrN2OS. The van der Waals surface area contributed by atoms with Crippen molar-refractivity contribution >= 4 is 43.3 Å². The Balaban J connectivity index is 1.41. The van der Waals surface area contributed by atoms with Crippen LogP contribution in [0.5, 0.6) is 0 Å². The Hall–Kier alpha value is -1.69. The molecule has 0 spiro atoms. The van der Waals surface area contributed by atoms with Gasteiger partial charge in [0.15, 0.2) is 0 Å². The van der Waals surface area contributed by atoms with E-state index in [0.717, 1.165) is 29.5 Å². The molecule has 0 aliphatic carbocycles. The van der Waals surface area contributed by atoms with Crippen LogP contribution in [-0.2, 0) is 11.2 Å². The Morgan fingerprint density at radius 2 is 1.84 bits per heavy atom. The van der Waals surface area contributed by atoms with Gasteiger partial charge in [0.05, 0.1) is 12.5 Å². The molecule has 2 atom stereocenters. The van der Waals surface area contributed by atoms with Crippen LogP contribution < -0.4 is 0 Å². The van der Waals surface area contributed by atoms with Crippen LogP contribution in [0.4, 0.5) is 0 Å². The molecule has 2 aliphatic heterocycles. The van der Waals surface area contributed by atoms with Crippen molar-refractivity contribution in [2.45, 2.75) is 44.1 Å². The van der Waals surface area contributed by atoms with E-state index in [0.29, 0.717) is 12.3 Å².